The van der Waals surface area contributed by atoms with Crippen molar-refractivity contribution in [3.05, 3.63) is 77.6 Å². The van der Waals surface area contributed by atoms with E-state index in [2.05, 4.69) is 15.7 Å². The molecule has 1 atom stereocenters. The molecule has 1 unspecified atom stereocenters. The second-order valence-electron chi connectivity index (χ2n) is 6.05. The molecule has 2 amide bonds. The predicted octanol–water partition coefficient (Wildman–Crippen LogP) is 3.89. The van der Waals surface area contributed by atoms with Crippen molar-refractivity contribution < 1.29 is 27.2 Å². The Balaban J connectivity index is 1.69. The van der Waals surface area contributed by atoms with Gasteiger partial charge in [0.15, 0.2) is 5.69 Å². The zero-order chi connectivity index (χ0) is 21.1. The molecule has 0 fully saturated rings. The molecule has 3 rings (SSSR count). The van der Waals surface area contributed by atoms with Gasteiger partial charge in [0.2, 0.25) is 5.91 Å². The summed E-state index contributed by atoms with van der Waals surface area (Å²) in [5.41, 5.74) is -0.565. The molecular weight excluding hydrogens is 392 g/mol. The number of aromatic nitrogens is 2. The molecule has 0 saturated heterocycles. The molecule has 0 aliphatic carbocycles. The molecule has 0 aliphatic heterocycles. The van der Waals surface area contributed by atoms with E-state index in [4.69, 9.17) is 0 Å². The highest BCUT2D eigenvalue weighted by Crippen LogP contribution is 2.18. The molecule has 6 nitrogen and oxygen atoms in total. The summed E-state index contributed by atoms with van der Waals surface area (Å²) in [7, 11) is 0. The molecular formula is C19H14F4N4O2. The third-order valence-electron chi connectivity index (χ3n) is 3.99. The molecule has 0 saturated carbocycles. The van der Waals surface area contributed by atoms with E-state index in [1.165, 1.54) is 19.2 Å². The predicted molar refractivity (Wildman–Crippen MR) is 96.2 cm³/mol. The highest BCUT2D eigenvalue weighted by Gasteiger charge is 2.20. The second-order valence-corrected chi connectivity index (χ2v) is 6.05. The Morgan fingerprint density at radius 2 is 1.45 bits per heavy atom. The van der Waals surface area contributed by atoms with Gasteiger partial charge in [0.05, 0.1) is 11.4 Å². The lowest BCUT2D eigenvalue weighted by Crippen LogP contribution is -2.25. The van der Waals surface area contributed by atoms with Crippen molar-refractivity contribution in [1.82, 2.24) is 9.78 Å². The number of carbonyl (C=O) groups is 2. The van der Waals surface area contributed by atoms with Crippen LogP contribution in [0.1, 0.15) is 23.5 Å². The van der Waals surface area contributed by atoms with Crippen LogP contribution in [-0.2, 0) is 4.79 Å². The van der Waals surface area contributed by atoms with E-state index in [0.717, 1.165) is 28.9 Å². The van der Waals surface area contributed by atoms with Crippen LogP contribution in [0.25, 0.3) is 0 Å². The van der Waals surface area contributed by atoms with Crippen LogP contribution < -0.4 is 10.6 Å². The first-order chi connectivity index (χ1) is 13.7. The van der Waals surface area contributed by atoms with Crippen LogP contribution in [0.3, 0.4) is 0 Å². The van der Waals surface area contributed by atoms with Crippen molar-refractivity contribution >= 4 is 23.2 Å². The van der Waals surface area contributed by atoms with Crippen LogP contribution in [-0.4, -0.2) is 21.6 Å². The Morgan fingerprint density at radius 1 is 0.897 bits per heavy atom. The van der Waals surface area contributed by atoms with Gasteiger partial charge in [0.1, 0.15) is 29.3 Å². The quantitative estimate of drug-likeness (QED) is 0.632. The third-order valence-corrected chi connectivity index (χ3v) is 3.99. The zero-order valence-electron chi connectivity index (χ0n) is 14.9. The van der Waals surface area contributed by atoms with E-state index < -0.39 is 41.1 Å². The minimum atomic E-state index is -0.952. The number of carbonyl (C=O) groups excluding carboxylic acids is 2. The molecule has 150 valence electrons. The first kappa shape index (κ1) is 20.1. The third kappa shape index (κ3) is 4.60. The molecule has 1 aromatic heterocycles. The maximum Gasteiger partial charge on any atom is 0.276 e. The summed E-state index contributed by atoms with van der Waals surface area (Å²) in [6.45, 7) is 1.45. The monoisotopic (exact) mass is 406 g/mol. The number of benzene rings is 2. The van der Waals surface area contributed by atoms with Gasteiger partial charge in [-0.15, -0.1) is 0 Å². The average molecular weight is 406 g/mol. The lowest BCUT2D eigenvalue weighted by molar-refractivity contribution is -0.119. The van der Waals surface area contributed by atoms with Gasteiger partial charge in [-0.05, 0) is 37.3 Å². The first-order valence-electron chi connectivity index (χ1n) is 8.32. The SMILES string of the molecule is CC(C(=O)Nc1ccc(F)cc1F)n1ccc(C(=O)Nc2ccc(F)cc2F)n1. The number of rotatable bonds is 5. The van der Waals surface area contributed by atoms with Crippen molar-refractivity contribution in [2.24, 2.45) is 0 Å². The van der Waals surface area contributed by atoms with Crippen LogP contribution in [0.15, 0.2) is 48.7 Å². The van der Waals surface area contributed by atoms with Gasteiger partial charge in [0.25, 0.3) is 5.91 Å². The van der Waals surface area contributed by atoms with Gasteiger partial charge >= 0.3 is 0 Å². The van der Waals surface area contributed by atoms with E-state index in [1.54, 1.807) is 0 Å². The minimum absolute atomic E-state index is 0.124. The second kappa shape index (κ2) is 8.13. The summed E-state index contributed by atoms with van der Waals surface area (Å²) >= 11 is 0. The molecule has 0 bridgehead atoms. The highest BCUT2D eigenvalue weighted by molar-refractivity contribution is 6.03. The van der Waals surface area contributed by atoms with Gasteiger partial charge < -0.3 is 10.6 Å². The number of hydrogen-bond donors (Lipinski definition) is 2. The average Bonchev–Trinajstić information content (AvgIpc) is 3.16. The Bertz CT molecular complexity index is 1080. The van der Waals surface area contributed by atoms with Crippen LogP contribution in [0.2, 0.25) is 0 Å². The summed E-state index contributed by atoms with van der Waals surface area (Å²) in [5, 5.41) is 8.49. The summed E-state index contributed by atoms with van der Waals surface area (Å²) in [4.78, 5) is 24.5. The molecule has 1 heterocycles. The van der Waals surface area contributed by atoms with E-state index in [0.29, 0.717) is 12.1 Å². The van der Waals surface area contributed by atoms with Crippen molar-refractivity contribution in [3.8, 4) is 0 Å². The van der Waals surface area contributed by atoms with Crippen LogP contribution in [0.5, 0.6) is 0 Å². The van der Waals surface area contributed by atoms with Crippen molar-refractivity contribution in [2.75, 3.05) is 10.6 Å². The van der Waals surface area contributed by atoms with Gasteiger partial charge in [-0.25, -0.2) is 17.6 Å². The number of anilines is 2. The number of hydrogen-bond acceptors (Lipinski definition) is 3. The summed E-state index contributed by atoms with van der Waals surface area (Å²) in [5.74, 6) is -4.89. The Kier molecular flexibility index (Phi) is 5.62. The fourth-order valence-corrected chi connectivity index (χ4v) is 2.40. The Labute approximate surface area is 162 Å². The minimum Gasteiger partial charge on any atom is -0.322 e. The molecule has 3 aromatic rings. The topological polar surface area (TPSA) is 76.0 Å². The number of amides is 2. The molecule has 0 spiro atoms. The van der Waals surface area contributed by atoms with Crippen LogP contribution in [0, 0.1) is 23.3 Å². The highest BCUT2D eigenvalue weighted by atomic mass is 19.1. The summed E-state index contributed by atoms with van der Waals surface area (Å²) in [6.07, 6.45) is 1.33. The Hall–Kier alpha value is -3.69. The maximum absolute atomic E-state index is 13.7. The van der Waals surface area contributed by atoms with Gasteiger partial charge in [-0.2, -0.15) is 5.10 Å². The van der Waals surface area contributed by atoms with E-state index in [-0.39, 0.29) is 17.1 Å². The fourth-order valence-electron chi connectivity index (χ4n) is 2.40. The molecule has 29 heavy (non-hydrogen) atoms. The standard InChI is InChI=1S/C19H14F4N4O2/c1-10(18(28)24-15-4-2-11(20)8-13(15)22)27-7-6-17(26-27)19(29)25-16-5-3-12(21)9-14(16)23/h2-10H,1H3,(H,24,28)(H,25,29). The fraction of sp³-hybridized carbons (Fsp3) is 0.105. The number of nitrogens with one attached hydrogen (secondary N) is 2. The number of halogens is 4. The molecule has 2 N–H and O–H groups in total. The van der Waals surface area contributed by atoms with E-state index >= 15 is 0 Å². The van der Waals surface area contributed by atoms with Crippen LogP contribution in [0.4, 0.5) is 28.9 Å². The van der Waals surface area contributed by atoms with Gasteiger partial charge in [-0.1, -0.05) is 0 Å². The van der Waals surface area contributed by atoms with E-state index in [9.17, 15) is 27.2 Å². The summed E-state index contributed by atoms with van der Waals surface area (Å²) < 4.78 is 54.3. The lowest BCUT2D eigenvalue weighted by Gasteiger charge is -2.13. The molecule has 0 radical (unpaired) electrons. The van der Waals surface area contributed by atoms with Crippen molar-refractivity contribution in [3.63, 3.8) is 0 Å². The first-order valence-corrected chi connectivity index (χ1v) is 8.32. The van der Waals surface area contributed by atoms with Crippen LogP contribution >= 0.6 is 0 Å². The van der Waals surface area contributed by atoms with E-state index in [1.807, 2.05) is 0 Å². The Morgan fingerprint density at radius 3 is 2.00 bits per heavy atom. The largest absolute Gasteiger partial charge is 0.322 e. The van der Waals surface area contributed by atoms with Gasteiger partial charge in [-0.3, -0.25) is 14.3 Å². The maximum atomic E-state index is 13.7. The zero-order valence-corrected chi connectivity index (χ0v) is 14.9. The molecule has 10 heteroatoms. The normalized spacial score (nSPS) is 11.8. The van der Waals surface area contributed by atoms with Crippen molar-refractivity contribution in [1.29, 1.82) is 0 Å². The van der Waals surface area contributed by atoms with Crippen molar-refractivity contribution in [2.45, 2.75) is 13.0 Å². The lowest BCUT2D eigenvalue weighted by atomic mass is 10.2. The summed E-state index contributed by atoms with van der Waals surface area (Å²) in [6, 6.07) is 5.72. The molecule has 2 aromatic carbocycles. The smallest absolute Gasteiger partial charge is 0.276 e. The number of nitrogens with zero attached hydrogens (tertiary/aromatic N) is 2. The molecule has 0 aliphatic rings. The van der Waals surface area contributed by atoms with Gasteiger partial charge in [0, 0.05) is 18.3 Å².